The molecule has 0 aliphatic rings. The van der Waals surface area contributed by atoms with Crippen LogP contribution in [0.5, 0.6) is 0 Å². The molecule has 0 bridgehead atoms. The normalized spacial score (nSPS) is 10.7. The molecule has 4 rings (SSSR count). The molecule has 0 radical (unpaired) electrons. The second-order valence-corrected chi connectivity index (χ2v) is 7.30. The van der Waals surface area contributed by atoms with Gasteiger partial charge in [0, 0.05) is 24.1 Å². The zero-order valence-corrected chi connectivity index (χ0v) is 17.1. The highest BCUT2D eigenvalue weighted by Gasteiger charge is 2.11. The fourth-order valence-electron chi connectivity index (χ4n) is 3.18. The Morgan fingerprint density at radius 1 is 0.867 bits per heavy atom. The van der Waals surface area contributed by atoms with E-state index in [2.05, 4.69) is 27.6 Å². The number of aromatic nitrogens is 2. The second kappa shape index (κ2) is 8.74. The molecule has 150 valence electrons. The van der Waals surface area contributed by atoms with Gasteiger partial charge < -0.3 is 9.84 Å². The van der Waals surface area contributed by atoms with Crippen LogP contribution in [0.3, 0.4) is 0 Å². The Morgan fingerprint density at radius 3 is 2.30 bits per heavy atom. The monoisotopic (exact) mass is 397 g/mol. The number of carbonyl (C=O) groups is 1. The zero-order valence-electron chi connectivity index (χ0n) is 17.1. The molecule has 3 aromatic carbocycles. The lowest BCUT2D eigenvalue weighted by Gasteiger charge is -2.06. The van der Waals surface area contributed by atoms with Crippen LogP contribution in [0.4, 0.5) is 5.69 Å². The number of amides is 1. The van der Waals surface area contributed by atoms with Gasteiger partial charge in [-0.3, -0.25) is 4.79 Å². The minimum absolute atomic E-state index is 0.0785. The van der Waals surface area contributed by atoms with E-state index in [0.717, 1.165) is 27.9 Å². The first kappa shape index (κ1) is 19.6. The molecule has 5 heteroatoms. The minimum Gasteiger partial charge on any atom is -0.339 e. The lowest BCUT2D eigenvalue weighted by molar-refractivity contribution is -0.116. The van der Waals surface area contributed by atoms with Gasteiger partial charge in [0.1, 0.15) is 0 Å². The lowest BCUT2D eigenvalue weighted by atomic mass is 10.0. The molecule has 0 spiro atoms. The Morgan fingerprint density at radius 2 is 1.57 bits per heavy atom. The van der Waals surface area contributed by atoms with E-state index in [1.54, 1.807) is 0 Å². The van der Waals surface area contributed by atoms with Crippen molar-refractivity contribution in [2.75, 3.05) is 5.32 Å². The van der Waals surface area contributed by atoms with Crippen LogP contribution in [-0.4, -0.2) is 16.0 Å². The van der Waals surface area contributed by atoms with Gasteiger partial charge in [0.15, 0.2) is 0 Å². The summed E-state index contributed by atoms with van der Waals surface area (Å²) in [5.41, 5.74) is 6.31. The number of carbonyl (C=O) groups excluding carboxylic acids is 1. The summed E-state index contributed by atoms with van der Waals surface area (Å²) in [7, 11) is 0. The number of benzene rings is 3. The van der Waals surface area contributed by atoms with Gasteiger partial charge in [-0.25, -0.2) is 0 Å². The molecule has 1 heterocycles. The number of hydrogen-bond acceptors (Lipinski definition) is 4. The van der Waals surface area contributed by atoms with Gasteiger partial charge in [0.05, 0.1) is 0 Å². The first-order chi connectivity index (χ1) is 14.6. The number of nitrogens with one attached hydrogen (secondary N) is 1. The largest absolute Gasteiger partial charge is 0.339 e. The third-order valence-corrected chi connectivity index (χ3v) is 5.07. The highest BCUT2D eigenvalue weighted by atomic mass is 16.5. The summed E-state index contributed by atoms with van der Waals surface area (Å²) in [6.45, 7) is 4.07. The summed E-state index contributed by atoms with van der Waals surface area (Å²) in [5.74, 6) is 0.900. The fourth-order valence-corrected chi connectivity index (χ4v) is 3.18. The molecule has 0 unspecified atom stereocenters. The average Bonchev–Trinajstić information content (AvgIpc) is 3.25. The molecule has 4 aromatic rings. The Labute approximate surface area is 175 Å². The number of rotatable bonds is 6. The molecule has 1 aromatic heterocycles. The van der Waals surface area contributed by atoms with E-state index in [-0.39, 0.29) is 12.3 Å². The average molecular weight is 397 g/mol. The summed E-state index contributed by atoms with van der Waals surface area (Å²) in [4.78, 5) is 16.7. The zero-order chi connectivity index (χ0) is 20.9. The topological polar surface area (TPSA) is 68.0 Å². The van der Waals surface area contributed by atoms with Crippen molar-refractivity contribution >= 4 is 11.6 Å². The van der Waals surface area contributed by atoms with Crippen LogP contribution >= 0.6 is 0 Å². The van der Waals surface area contributed by atoms with Crippen molar-refractivity contribution < 1.29 is 9.32 Å². The minimum atomic E-state index is -0.0785. The van der Waals surface area contributed by atoms with E-state index < -0.39 is 0 Å². The molecule has 1 amide bonds. The second-order valence-electron chi connectivity index (χ2n) is 7.30. The van der Waals surface area contributed by atoms with Crippen LogP contribution in [-0.2, 0) is 11.2 Å². The van der Waals surface area contributed by atoms with Crippen LogP contribution in [0.2, 0.25) is 0 Å². The highest BCUT2D eigenvalue weighted by molar-refractivity contribution is 5.90. The van der Waals surface area contributed by atoms with E-state index in [1.165, 1.54) is 5.56 Å². The first-order valence-corrected chi connectivity index (χ1v) is 9.94. The maximum absolute atomic E-state index is 12.2. The maximum Gasteiger partial charge on any atom is 0.227 e. The number of nitrogens with zero attached hydrogens (tertiary/aromatic N) is 2. The third kappa shape index (κ3) is 4.63. The number of aryl methyl sites for hydroxylation is 3. The van der Waals surface area contributed by atoms with Crippen LogP contribution in [0.1, 0.15) is 23.4 Å². The number of hydrogen-bond donors (Lipinski definition) is 1. The first-order valence-electron chi connectivity index (χ1n) is 9.94. The molecule has 5 nitrogen and oxygen atoms in total. The van der Waals surface area contributed by atoms with Gasteiger partial charge in [-0.15, -0.1) is 0 Å². The molecule has 0 aliphatic carbocycles. The van der Waals surface area contributed by atoms with E-state index in [4.69, 9.17) is 4.52 Å². The molecule has 0 aliphatic heterocycles. The SMILES string of the molecule is Cc1ccc(NC(=O)CCc2nc(-c3ccc(-c4ccccc4)cc3)no2)cc1C. The van der Waals surface area contributed by atoms with Crippen molar-refractivity contribution in [2.24, 2.45) is 0 Å². The van der Waals surface area contributed by atoms with Crippen molar-refractivity contribution in [3.8, 4) is 22.5 Å². The van der Waals surface area contributed by atoms with Gasteiger partial charge in [0.2, 0.25) is 17.6 Å². The summed E-state index contributed by atoms with van der Waals surface area (Å²) in [5, 5.41) is 6.97. The Kier molecular flexibility index (Phi) is 5.70. The Hall–Kier alpha value is -3.73. The molecule has 0 saturated heterocycles. The van der Waals surface area contributed by atoms with Crippen molar-refractivity contribution in [3.63, 3.8) is 0 Å². The molecule has 0 fully saturated rings. The summed E-state index contributed by atoms with van der Waals surface area (Å²) < 4.78 is 5.33. The lowest BCUT2D eigenvalue weighted by Crippen LogP contribution is -2.12. The predicted octanol–water partition coefficient (Wildman–Crippen LogP) is 5.59. The smallest absolute Gasteiger partial charge is 0.227 e. The van der Waals surface area contributed by atoms with E-state index >= 15 is 0 Å². The van der Waals surface area contributed by atoms with Gasteiger partial charge in [-0.2, -0.15) is 4.98 Å². The van der Waals surface area contributed by atoms with Gasteiger partial charge in [-0.1, -0.05) is 65.8 Å². The van der Waals surface area contributed by atoms with Crippen molar-refractivity contribution in [1.82, 2.24) is 10.1 Å². The van der Waals surface area contributed by atoms with Gasteiger partial charge in [0.25, 0.3) is 0 Å². The van der Waals surface area contributed by atoms with Crippen molar-refractivity contribution in [3.05, 3.63) is 89.8 Å². The number of anilines is 1. The molecule has 30 heavy (non-hydrogen) atoms. The van der Waals surface area contributed by atoms with Gasteiger partial charge in [-0.05, 0) is 48.2 Å². The Bertz CT molecular complexity index is 1150. The van der Waals surface area contributed by atoms with Crippen LogP contribution in [0.25, 0.3) is 22.5 Å². The van der Waals surface area contributed by atoms with Crippen molar-refractivity contribution in [1.29, 1.82) is 0 Å². The van der Waals surface area contributed by atoms with E-state index in [1.807, 2.05) is 74.5 Å². The molecule has 0 saturated carbocycles. The van der Waals surface area contributed by atoms with Crippen LogP contribution < -0.4 is 5.32 Å². The fraction of sp³-hybridized carbons (Fsp3) is 0.160. The van der Waals surface area contributed by atoms with E-state index in [9.17, 15) is 4.79 Å². The quantitative estimate of drug-likeness (QED) is 0.460. The van der Waals surface area contributed by atoms with Crippen LogP contribution in [0.15, 0.2) is 77.3 Å². The molecule has 1 N–H and O–H groups in total. The van der Waals surface area contributed by atoms with E-state index in [0.29, 0.717) is 18.1 Å². The summed E-state index contributed by atoms with van der Waals surface area (Å²) in [6.07, 6.45) is 0.674. The Balaban J connectivity index is 1.36. The maximum atomic E-state index is 12.2. The van der Waals surface area contributed by atoms with Crippen LogP contribution in [0, 0.1) is 13.8 Å². The standard InChI is InChI=1S/C25H23N3O2/c1-17-8-13-22(16-18(17)2)26-23(29)14-15-24-27-25(28-30-24)21-11-9-20(10-12-21)19-6-4-3-5-7-19/h3-13,16H,14-15H2,1-2H3,(H,26,29). The third-order valence-electron chi connectivity index (χ3n) is 5.07. The predicted molar refractivity (Wildman–Crippen MR) is 118 cm³/mol. The van der Waals surface area contributed by atoms with Crippen molar-refractivity contribution in [2.45, 2.75) is 26.7 Å². The molecular formula is C25H23N3O2. The highest BCUT2D eigenvalue weighted by Crippen LogP contribution is 2.23. The summed E-state index contributed by atoms with van der Waals surface area (Å²) in [6, 6.07) is 24.1. The van der Waals surface area contributed by atoms with Gasteiger partial charge >= 0.3 is 0 Å². The molecular weight excluding hydrogens is 374 g/mol. The molecule has 0 atom stereocenters. The summed E-state index contributed by atoms with van der Waals surface area (Å²) >= 11 is 0.